The van der Waals surface area contributed by atoms with Gasteiger partial charge in [-0.15, -0.1) is 0 Å². The molecule has 0 saturated carbocycles. The summed E-state index contributed by atoms with van der Waals surface area (Å²) in [6.45, 7) is 6.27. The summed E-state index contributed by atoms with van der Waals surface area (Å²) in [4.78, 5) is 11.6. The number of fused-ring (bicyclic) bond motifs is 1. The second-order valence-electron chi connectivity index (χ2n) is 4.75. The standard InChI is InChI=1S/C13H18N2OS/c1-9(2)7-14-8-10-4-5-11-12(6-10)17-13(16)15(11)3/h4-6,9,14H,7-8H2,1-3H3. The molecule has 0 bridgehead atoms. The minimum atomic E-state index is 0.104. The van der Waals surface area contributed by atoms with Crippen molar-refractivity contribution in [1.29, 1.82) is 0 Å². The molecule has 0 fully saturated rings. The first-order valence-corrected chi connectivity index (χ1v) is 6.68. The van der Waals surface area contributed by atoms with Crippen LogP contribution < -0.4 is 10.2 Å². The molecule has 92 valence electrons. The molecule has 1 aromatic carbocycles. The van der Waals surface area contributed by atoms with E-state index in [0.29, 0.717) is 5.92 Å². The monoisotopic (exact) mass is 250 g/mol. The minimum absolute atomic E-state index is 0.104. The molecule has 2 aromatic rings. The number of aromatic nitrogens is 1. The van der Waals surface area contributed by atoms with Crippen molar-refractivity contribution in [2.75, 3.05) is 6.54 Å². The zero-order valence-electron chi connectivity index (χ0n) is 10.5. The Balaban J connectivity index is 2.18. The molecule has 0 atom stereocenters. The number of benzene rings is 1. The van der Waals surface area contributed by atoms with Crippen LogP contribution in [0.1, 0.15) is 19.4 Å². The van der Waals surface area contributed by atoms with Crippen LogP contribution in [0.25, 0.3) is 10.2 Å². The van der Waals surface area contributed by atoms with Gasteiger partial charge in [0.2, 0.25) is 0 Å². The number of hydrogen-bond acceptors (Lipinski definition) is 3. The topological polar surface area (TPSA) is 34.0 Å². The maximum absolute atomic E-state index is 11.5. The average Bonchev–Trinajstić information content (AvgIpc) is 2.54. The predicted molar refractivity (Wildman–Crippen MR) is 73.6 cm³/mol. The fourth-order valence-corrected chi connectivity index (χ4v) is 2.74. The molecule has 0 aliphatic carbocycles. The van der Waals surface area contributed by atoms with E-state index in [4.69, 9.17) is 0 Å². The Morgan fingerprint density at radius 2 is 2.18 bits per heavy atom. The average molecular weight is 250 g/mol. The van der Waals surface area contributed by atoms with Crippen molar-refractivity contribution in [2.45, 2.75) is 20.4 Å². The largest absolute Gasteiger partial charge is 0.312 e. The maximum Gasteiger partial charge on any atom is 0.307 e. The molecule has 2 rings (SSSR count). The zero-order valence-corrected chi connectivity index (χ0v) is 11.3. The molecule has 1 aromatic heterocycles. The normalized spacial score (nSPS) is 11.5. The Morgan fingerprint density at radius 3 is 2.88 bits per heavy atom. The molecule has 4 heteroatoms. The highest BCUT2D eigenvalue weighted by Crippen LogP contribution is 2.18. The lowest BCUT2D eigenvalue weighted by Gasteiger charge is -2.07. The van der Waals surface area contributed by atoms with Gasteiger partial charge in [0.1, 0.15) is 0 Å². The SMILES string of the molecule is CC(C)CNCc1ccc2c(c1)sc(=O)n2C. The zero-order chi connectivity index (χ0) is 12.4. The van der Waals surface area contributed by atoms with Gasteiger partial charge >= 0.3 is 4.87 Å². The third-order valence-corrected chi connectivity index (χ3v) is 3.73. The van der Waals surface area contributed by atoms with Gasteiger partial charge in [-0.3, -0.25) is 4.79 Å². The Hall–Kier alpha value is -1.13. The van der Waals surface area contributed by atoms with Crippen molar-refractivity contribution in [3.63, 3.8) is 0 Å². The number of hydrogen-bond donors (Lipinski definition) is 1. The van der Waals surface area contributed by atoms with Crippen LogP contribution in [0.5, 0.6) is 0 Å². The molecule has 1 N–H and O–H groups in total. The van der Waals surface area contributed by atoms with Gasteiger partial charge in [0.05, 0.1) is 10.2 Å². The second-order valence-corrected chi connectivity index (χ2v) is 5.75. The summed E-state index contributed by atoms with van der Waals surface area (Å²) in [5, 5.41) is 3.41. The van der Waals surface area contributed by atoms with Gasteiger partial charge in [-0.25, -0.2) is 0 Å². The highest BCUT2D eigenvalue weighted by Gasteiger charge is 2.04. The minimum Gasteiger partial charge on any atom is -0.312 e. The lowest BCUT2D eigenvalue weighted by atomic mass is 10.2. The van der Waals surface area contributed by atoms with Crippen LogP contribution in [-0.4, -0.2) is 11.1 Å². The van der Waals surface area contributed by atoms with Gasteiger partial charge < -0.3 is 9.88 Å². The molecular formula is C13H18N2OS. The van der Waals surface area contributed by atoms with Crippen LogP contribution in [0, 0.1) is 5.92 Å². The van der Waals surface area contributed by atoms with E-state index >= 15 is 0 Å². The summed E-state index contributed by atoms with van der Waals surface area (Å²) in [5.41, 5.74) is 2.26. The van der Waals surface area contributed by atoms with Crippen LogP contribution >= 0.6 is 11.3 Å². The lowest BCUT2D eigenvalue weighted by molar-refractivity contribution is 0.552. The summed E-state index contributed by atoms with van der Waals surface area (Å²) >= 11 is 1.31. The highest BCUT2D eigenvalue weighted by molar-refractivity contribution is 7.16. The van der Waals surface area contributed by atoms with E-state index in [0.717, 1.165) is 23.3 Å². The first-order chi connectivity index (χ1) is 8.08. The van der Waals surface area contributed by atoms with Gasteiger partial charge in [-0.1, -0.05) is 31.3 Å². The van der Waals surface area contributed by atoms with Crippen molar-refractivity contribution in [1.82, 2.24) is 9.88 Å². The molecule has 0 radical (unpaired) electrons. The second kappa shape index (κ2) is 5.02. The summed E-state index contributed by atoms with van der Waals surface area (Å²) in [6.07, 6.45) is 0. The number of nitrogens with one attached hydrogen (secondary N) is 1. The summed E-state index contributed by atoms with van der Waals surface area (Å²) in [7, 11) is 1.82. The molecule has 1 heterocycles. The van der Waals surface area contributed by atoms with Gasteiger partial charge in [0.15, 0.2) is 0 Å². The van der Waals surface area contributed by atoms with Crippen molar-refractivity contribution in [2.24, 2.45) is 13.0 Å². The van der Waals surface area contributed by atoms with Crippen LogP contribution in [-0.2, 0) is 13.6 Å². The number of rotatable bonds is 4. The molecule has 0 aliphatic heterocycles. The molecule has 3 nitrogen and oxygen atoms in total. The van der Waals surface area contributed by atoms with E-state index in [1.54, 1.807) is 4.57 Å². The van der Waals surface area contributed by atoms with E-state index in [9.17, 15) is 4.79 Å². The van der Waals surface area contributed by atoms with Gasteiger partial charge in [0.25, 0.3) is 0 Å². The van der Waals surface area contributed by atoms with Gasteiger partial charge in [-0.2, -0.15) is 0 Å². The van der Waals surface area contributed by atoms with E-state index < -0.39 is 0 Å². The summed E-state index contributed by atoms with van der Waals surface area (Å²) in [5.74, 6) is 0.659. The Morgan fingerprint density at radius 1 is 1.41 bits per heavy atom. The molecule has 0 saturated heterocycles. The number of aryl methyl sites for hydroxylation is 1. The molecule has 17 heavy (non-hydrogen) atoms. The quantitative estimate of drug-likeness (QED) is 0.903. The first kappa shape index (κ1) is 12.3. The Kier molecular flexibility index (Phi) is 3.64. The maximum atomic E-state index is 11.5. The summed E-state index contributed by atoms with van der Waals surface area (Å²) < 4.78 is 2.77. The molecule has 0 unspecified atom stereocenters. The van der Waals surface area contributed by atoms with E-state index in [2.05, 4.69) is 31.3 Å². The van der Waals surface area contributed by atoms with Crippen molar-refractivity contribution < 1.29 is 0 Å². The van der Waals surface area contributed by atoms with Crippen LogP contribution in [0.15, 0.2) is 23.0 Å². The predicted octanol–water partition coefficient (Wildman–Crippen LogP) is 2.35. The molecule has 0 amide bonds. The van der Waals surface area contributed by atoms with Crippen molar-refractivity contribution in [3.05, 3.63) is 33.4 Å². The van der Waals surface area contributed by atoms with Gasteiger partial charge in [0, 0.05) is 13.6 Å². The van der Waals surface area contributed by atoms with Crippen LogP contribution in [0.2, 0.25) is 0 Å². The Labute approximate surface area is 105 Å². The summed E-state index contributed by atoms with van der Waals surface area (Å²) in [6, 6.07) is 6.22. The fourth-order valence-electron chi connectivity index (χ4n) is 1.79. The van der Waals surface area contributed by atoms with E-state index in [1.165, 1.54) is 16.9 Å². The smallest absolute Gasteiger partial charge is 0.307 e. The number of thiazole rings is 1. The van der Waals surface area contributed by atoms with E-state index in [1.807, 2.05) is 13.1 Å². The first-order valence-electron chi connectivity index (χ1n) is 5.87. The van der Waals surface area contributed by atoms with Crippen LogP contribution in [0.3, 0.4) is 0 Å². The fraction of sp³-hybridized carbons (Fsp3) is 0.462. The van der Waals surface area contributed by atoms with Crippen LogP contribution in [0.4, 0.5) is 0 Å². The van der Waals surface area contributed by atoms with Crippen molar-refractivity contribution in [3.8, 4) is 0 Å². The molecular weight excluding hydrogens is 232 g/mol. The van der Waals surface area contributed by atoms with Crippen molar-refractivity contribution >= 4 is 21.6 Å². The molecule has 0 spiro atoms. The van der Waals surface area contributed by atoms with Gasteiger partial charge in [-0.05, 0) is 30.2 Å². The third-order valence-electron chi connectivity index (χ3n) is 2.74. The third kappa shape index (κ3) is 2.76. The molecule has 0 aliphatic rings. The highest BCUT2D eigenvalue weighted by atomic mass is 32.1. The number of nitrogens with zero attached hydrogens (tertiary/aromatic N) is 1. The van der Waals surface area contributed by atoms with E-state index in [-0.39, 0.29) is 4.87 Å². The lowest BCUT2D eigenvalue weighted by Crippen LogP contribution is -2.18. The Bertz CT molecular complexity index is 568.